The lowest BCUT2D eigenvalue weighted by molar-refractivity contribution is -0.171. The fourth-order valence-electron chi connectivity index (χ4n) is 6.85. The Balaban J connectivity index is 1.19. The van der Waals surface area contributed by atoms with Crippen LogP contribution < -0.4 is 15.4 Å². The van der Waals surface area contributed by atoms with E-state index in [4.69, 9.17) is 19.0 Å². The minimum Gasteiger partial charge on any atom is -0.477 e. The molecule has 0 saturated heterocycles. The number of pyridine rings is 1. The van der Waals surface area contributed by atoms with Crippen LogP contribution in [0.25, 0.3) is 0 Å². The number of hydrogen-bond acceptors (Lipinski definition) is 7. The summed E-state index contributed by atoms with van der Waals surface area (Å²) in [6, 6.07) is 6.13. The molecule has 2 heterocycles. The van der Waals surface area contributed by atoms with Crippen molar-refractivity contribution >= 4 is 25.9 Å². The molecule has 0 spiro atoms. The van der Waals surface area contributed by atoms with Crippen LogP contribution in [-0.2, 0) is 14.7 Å². The molecule has 2 aromatic rings. The number of amides is 1. The molecule has 244 valence electrons. The molecule has 0 aliphatic heterocycles. The second-order valence-corrected chi connectivity index (χ2v) is 22.0. The lowest BCUT2D eigenvalue weighted by atomic mass is 9.39. The van der Waals surface area contributed by atoms with Gasteiger partial charge in [-0.05, 0) is 104 Å². The quantitative estimate of drug-likeness (QED) is 0.271. The van der Waals surface area contributed by atoms with Gasteiger partial charge in [-0.2, -0.15) is 5.10 Å². The summed E-state index contributed by atoms with van der Waals surface area (Å²) in [7, 11) is -1.80. The first-order valence-electron chi connectivity index (χ1n) is 16.3. The Morgan fingerprint density at radius 2 is 1.73 bits per heavy atom. The molecular weight excluding hydrogens is 570 g/mol. The van der Waals surface area contributed by atoms with Crippen LogP contribution in [0.1, 0.15) is 112 Å². The number of nitrogens with one attached hydrogen (secondary N) is 2. The predicted octanol–water partition coefficient (Wildman–Crippen LogP) is 8.26. The first-order chi connectivity index (χ1) is 20.2. The maximum Gasteiger partial charge on any atom is 0.408 e. The number of hydrogen-bond donors (Lipinski definition) is 2. The smallest absolute Gasteiger partial charge is 0.408 e. The molecule has 9 nitrogen and oxygen atoms in total. The van der Waals surface area contributed by atoms with E-state index in [1.807, 2.05) is 32.9 Å². The van der Waals surface area contributed by atoms with Gasteiger partial charge in [0.25, 0.3) is 0 Å². The highest BCUT2D eigenvalue weighted by atomic mass is 28.4. The number of carbonyl (C=O) groups is 1. The predicted molar refractivity (Wildman–Crippen MR) is 177 cm³/mol. The molecule has 44 heavy (non-hydrogen) atoms. The van der Waals surface area contributed by atoms with Crippen molar-refractivity contribution in [3.05, 3.63) is 30.1 Å². The molecule has 0 unspecified atom stereocenters. The van der Waals surface area contributed by atoms with E-state index in [0.717, 1.165) is 55.7 Å². The number of aromatic nitrogens is 3. The molecule has 6 rings (SSSR count). The molecule has 0 aromatic carbocycles. The summed E-state index contributed by atoms with van der Waals surface area (Å²) < 4.78 is 20.5. The first-order valence-corrected chi connectivity index (χ1v) is 19.2. The lowest BCUT2D eigenvalue weighted by Gasteiger charge is -2.69. The zero-order valence-electron chi connectivity index (χ0n) is 28.9. The second kappa shape index (κ2) is 11.0. The van der Waals surface area contributed by atoms with Crippen molar-refractivity contribution in [1.82, 2.24) is 20.1 Å². The third kappa shape index (κ3) is 7.11. The number of anilines is 2. The first kappa shape index (κ1) is 32.8. The zero-order valence-corrected chi connectivity index (χ0v) is 29.9. The fourth-order valence-corrected chi connectivity index (χ4v) is 8.25. The van der Waals surface area contributed by atoms with Crippen molar-refractivity contribution in [2.24, 2.45) is 5.41 Å². The summed E-state index contributed by atoms with van der Waals surface area (Å²) in [4.78, 5) is 16.7. The Kier molecular flexibility index (Phi) is 8.22. The van der Waals surface area contributed by atoms with E-state index in [2.05, 4.69) is 81.0 Å². The Morgan fingerprint density at radius 3 is 2.34 bits per heavy atom. The summed E-state index contributed by atoms with van der Waals surface area (Å²) in [5.74, 6) is 1.96. The van der Waals surface area contributed by atoms with Crippen LogP contribution in [0.15, 0.2) is 24.4 Å². The van der Waals surface area contributed by atoms with Gasteiger partial charge in [0, 0.05) is 47.0 Å². The Hall–Kier alpha value is -2.59. The normalized spacial score (nSPS) is 26.9. The molecule has 0 radical (unpaired) electrons. The summed E-state index contributed by atoms with van der Waals surface area (Å²) in [5, 5.41) is 12.0. The van der Waals surface area contributed by atoms with Gasteiger partial charge in [-0.15, -0.1) is 0 Å². The van der Waals surface area contributed by atoms with E-state index in [1.165, 1.54) is 0 Å². The molecule has 2 bridgehead atoms. The van der Waals surface area contributed by atoms with Gasteiger partial charge in [-0.25, -0.2) is 14.5 Å². The third-order valence-corrected chi connectivity index (χ3v) is 14.4. The van der Waals surface area contributed by atoms with E-state index in [1.54, 1.807) is 6.20 Å². The van der Waals surface area contributed by atoms with Crippen molar-refractivity contribution in [3.8, 4) is 5.88 Å². The Morgan fingerprint density at radius 1 is 1.05 bits per heavy atom. The maximum absolute atomic E-state index is 12.2. The van der Waals surface area contributed by atoms with Crippen LogP contribution in [0.3, 0.4) is 0 Å². The van der Waals surface area contributed by atoms with E-state index < -0.39 is 13.9 Å². The summed E-state index contributed by atoms with van der Waals surface area (Å²) in [6.07, 6.45) is 7.70. The summed E-state index contributed by atoms with van der Waals surface area (Å²) in [5.41, 5.74) is 1.33. The molecule has 1 amide bonds. The van der Waals surface area contributed by atoms with E-state index in [0.29, 0.717) is 24.5 Å². The molecule has 4 aliphatic carbocycles. The van der Waals surface area contributed by atoms with Crippen molar-refractivity contribution in [2.75, 3.05) is 11.9 Å². The van der Waals surface area contributed by atoms with Crippen LogP contribution >= 0.6 is 0 Å². The van der Waals surface area contributed by atoms with Crippen LogP contribution in [0.4, 0.5) is 16.3 Å². The van der Waals surface area contributed by atoms with E-state index in [9.17, 15) is 4.79 Å². The topological polar surface area (TPSA) is 99.5 Å². The monoisotopic (exact) mass is 625 g/mol. The number of rotatable bonds is 9. The minimum atomic E-state index is -1.80. The maximum atomic E-state index is 12.2. The minimum absolute atomic E-state index is 0.104. The average molecular weight is 626 g/mol. The average Bonchev–Trinajstić information content (AvgIpc) is 3.45. The SMILES string of the molecule is CC(C)(C)OC(=O)NC12CC(COc3cc(Nc4cc([C@H]5CC[C@@H](O[Si](C)(C)C(C)(C)C)C5)nn4C(C)(C)C)ccn3)(C1)C2. The van der Waals surface area contributed by atoms with Crippen molar-refractivity contribution < 1.29 is 18.7 Å². The third-order valence-electron chi connectivity index (χ3n) is 9.87. The number of carbonyl (C=O) groups excluding carboxylic acids is 1. The van der Waals surface area contributed by atoms with Crippen LogP contribution in [0.2, 0.25) is 18.1 Å². The Bertz CT molecular complexity index is 1350. The van der Waals surface area contributed by atoms with Gasteiger partial charge in [-0.3, -0.25) is 0 Å². The largest absolute Gasteiger partial charge is 0.477 e. The van der Waals surface area contributed by atoms with Crippen molar-refractivity contribution in [2.45, 2.75) is 148 Å². The molecule has 2 aromatic heterocycles. The zero-order chi connectivity index (χ0) is 32.3. The summed E-state index contributed by atoms with van der Waals surface area (Å²) in [6.45, 7) is 24.4. The lowest BCUT2D eigenvalue weighted by Crippen LogP contribution is -2.76. The molecule has 4 saturated carbocycles. The molecule has 4 aliphatic rings. The molecule has 10 heteroatoms. The number of alkyl carbamates (subject to hydrolysis) is 1. The molecule has 2 N–H and O–H groups in total. The summed E-state index contributed by atoms with van der Waals surface area (Å²) >= 11 is 0. The molecule has 2 atom stereocenters. The van der Waals surface area contributed by atoms with Gasteiger partial charge in [0.15, 0.2) is 8.32 Å². The van der Waals surface area contributed by atoms with Crippen LogP contribution in [0.5, 0.6) is 5.88 Å². The van der Waals surface area contributed by atoms with Crippen LogP contribution in [0, 0.1) is 5.41 Å². The highest BCUT2D eigenvalue weighted by Crippen LogP contribution is 2.67. The highest BCUT2D eigenvalue weighted by molar-refractivity contribution is 6.74. The van der Waals surface area contributed by atoms with Gasteiger partial charge in [0.05, 0.1) is 17.8 Å². The van der Waals surface area contributed by atoms with Gasteiger partial charge >= 0.3 is 6.09 Å². The Labute approximate surface area is 265 Å². The second-order valence-electron chi connectivity index (χ2n) is 17.3. The van der Waals surface area contributed by atoms with Crippen LogP contribution in [-0.4, -0.2) is 53.0 Å². The van der Waals surface area contributed by atoms with Gasteiger partial charge < -0.3 is 24.5 Å². The highest BCUT2D eigenvalue weighted by Gasteiger charge is 2.69. The van der Waals surface area contributed by atoms with E-state index in [-0.39, 0.29) is 27.6 Å². The van der Waals surface area contributed by atoms with Gasteiger partial charge in [0.1, 0.15) is 11.4 Å². The fraction of sp³-hybridized carbons (Fsp3) is 0.735. The number of ether oxygens (including phenoxy) is 2. The standard InChI is InChI=1S/C34H55N5O4Si/c1-30(2,3)39-27(18-26(38-39)23-12-13-25(16-23)43-44(10,11)32(7,8)9)36-24-14-15-35-28(17-24)41-22-33-19-34(20-33,21-33)37-29(40)42-31(4,5)6/h14-15,17-18,23,25H,12-13,16,19-22H2,1-11H3,(H,35,36)(H,37,40)/t23-,25+,33?,34?/m0/s1. The van der Waals surface area contributed by atoms with E-state index >= 15 is 0 Å². The van der Waals surface area contributed by atoms with Crippen molar-refractivity contribution in [3.63, 3.8) is 0 Å². The van der Waals surface area contributed by atoms with Crippen molar-refractivity contribution in [1.29, 1.82) is 0 Å². The molecular formula is C34H55N5O4Si. The van der Waals surface area contributed by atoms with Gasteiger partial charge in [0.2, 0.25) is 5.88 Å². The van der Waals surface area contributed by atoms with Gasteiger partial charge in [-0.1, -0.05) is 20.8 Å². The number of nitrogens with zero attached hydrogens (tertiary/aromatic N) is 3. The molecule has 4 fully saturated rings.